The molecule has 0 saturated heterocycles. The van der Waals surface area contributed by atoms with Gasteiger partial charge in [-0.2, -0.15) is 10.2 Å². The topological polar surface area (TPSA) is 129 Å². The van der Waals surface area contributed by atoms with Crippen LogP contribution in [-0.4, -0.2) is 27.9 Å². The number of hydrazone groups is 2. The zero-order valence-electron chi connectivity index (χ0n) is 17.1. The summed E-state index contributed by atoms with van der Waals surface area (Å²) in [5.74, 6) is -0.762. The van der Waals surface area contributed by atoms with Gasteiger partial charge in [-0.05, 0) is 27.1 Å². The number of nitrogens with one attached hydrogen (secondary N) is 2. The molecule has 166 valence electrons. The summed E-state index contributed by atoms with van der Waals surface area (Å²) in [7, 11) is 0. The lowest BCUT2D eigenvalue weighted by atomic mass is 9.80. The predicted octanol–water partition coefficient (Wildman–Crippen LogP) is 3.81. The van der Waals surface area contributed by atoms with E-state index in [0.717, 1.165) is 23.4 Å². The van der Waals surface area contributed by atoms with E-state index in [1.165, 1.54) is 6.07 Å². The summed E-state index contributed by atoms with van der Waals surface area (Å²) in [6.45, 7) is 0. The molecule has 3 N–H and O–H groups in total. The molecule has 1 aliphatic heterocycles. The number of phenols is 1. The number of nitro benzene ring substituents is 1. The van der Waals surface area contributed by atoms with Crippen molar-refractivity contribution in [1.29, 1.82) is 0 Å². The van der Waals surface area contributed by atoms with Gasteiger partial charge < -0.3 is 5.11 Å². The Morgan fingerprint density at radius 1 is 1.15 bits per heavy atom. The molecular formula is C23H18BrN5O4. The second-order valence-corrected chi connectivity index (χ2v) is 8.16. The molecule has 0 radical (unpaired) electrons. The summed E-state index contributed by atoms with van der Waals surface area (Å²) in [4.78, 5) is 23.2. The van der Waals surface area contributed by atoms with E-state index in [9.17, 15) is 20.0 Å². The van der Waals surface area contributed by atoms with Gasteiger partial charge >= 0.3 is 0 Å². The number of phenolic OH excluding ortho intramolecular Hbond substituents is 1. The number of nitro groups is 1. The number of aromatic hydroxyl groups is 1. The number of benzene rings is 3. The molecule has 0 spiro atoms. The summed E-state index contributed by atoms with van der Waals surface area (Å²) in [5.41, 5.74) is 6.80. The Bertz CT molecular complexity index is 1220. The maximum atomic E-state index is 12.7. The van der Waals surface area contributed by atoms with Crippen molar-refractivity contribution < 1.29 is 14.8 Å². The SMILES string of the molecule is O=C(N/N=C/c1cc([N+](=O)[O-])cc(Br)c1O)C1=NNC(c2ccccc2)(c2ccccc2)C1. The van der Waals surface area contributed by atoms with Gasteiger partial charge in [0.2, 0.25) is 0 Å². The first-order chi connectivity index (χ1) is 15.9. The number of nitrogens with zero attached hydrogens (tertiary/aromatic N) is 3. The van der Waals surface area contributed by atoms with Crippen molar-refractivity contribution in [2.75, 3.05) is 0 Å². The summed E-state index contributed by atoms with van der Waals surface area (Å²) >= 11 is 3.07. The van der Waals surface area contributed by atoms with Gasteiger partial charge in [0.1, 0.15) is 17.0 Å². The minimum atomic E-state index is -0.706. The highest BCUT2D eigenvalue weighted by molar-refractivity contribution is 9.10. The number of rotatable bonds is 6. The lowest BCUT2D eigenvalue weighted by Crippen LogP contribution is -2.38. The van der Waals surface area contributed by atoms with Crippen LogP contribution in [0.3, 0.4) is 0 Å². The molecule has 0 aromatic heterocycles. The van der Waals surface area contributed by atoms with Crippen LogP contribution in [-0.2, 0) is 10.3 Å². The molecule has 0 saturated carbocycles. The number of hydrogen-bond acceptors (Lipinski definition) is 7. The fourth-order valence-corrected chi connectivity index (χ4v) is 4.07. The normalized spacial score (nSPS) is 14.5. The highest BCUT2D eigenvalue weighted by Gasteiger charge is 2.41. The first kappa shape index (κ1) is 22.2. The first-order valence-electron chi connectivity index (χ1n) is 9.86. The number of non-ortho nitro benzene ring substituents is 1. The molecule has 0 fully saturated rings. The van der Waals surface area contributed by atoms with E-state index in [-0.39, 0.29) is 33.6 Å². The Hall–Kier alpha value is -4.05. The third kappa shape index (κ3) is 4.46. The van der Waals surface area contributed by atoms with E-state index >= 15 is 0 Å². The average molecular weight is 508 g/mol. The van der Waals surface area contributed by atoms with E-state index in [1.807, 2.05) is 60.7 Å². The Kier molecular flexibility index (Phi) is 6.18. The standard InChI is InChI=1S/C23H18BrN5O4/c24-19-12-18(29(32)33)11-15(21(19)30)14-25-27-22(31)20-13-23(28-26-20,16-7-3-1-4-8-16)17-9-5-2-6-10-17/h1-12,14,28,30H,13H2,(H,27,31)/b25-14+. The van der Waals surface area contributed by atoms with E-state index in [0.29, 0.717) is 0 Å². The highest BCUT2D eigenvalue weighted by atomic mass is 79.9. The molecule has 3 aromatic carbocycles. The zero-order valence-corrected chi connectivity index (χ0v) is 18.7. The van der Waals surface area contributed by atoms with Gasteiger partial charge in [-0.15, -0.1) is 0 Å². The van der Waals surface area contributed by atoms with Crippen molar-refractivity contribution in [3.63, 3.8) is 0 Å². The van der Waals surface area contributed by atoms with Gasteiger partial charge in [-0.1, -0.05) is 60.7 Å². The molecule has 9 nitrogen and oxygen atoms in total. The van der Waals surface area contributed by atoms with E-state index in [1.54, 1.807) is 0 Å². The van der Waals surface area contributed by atoms with Crippen LogP contribution >= 0.6 is 15.9 Å². The van der Waals surface area contributed by atoms with Crippen molar-refractivity contribution in [3.05, 3.63) is 104 Å². The summed E-state index contributed by atoms with van der Waals surface area (Å²) in [5, 5.41) is 29.2. The number of halogens is 1. The van der Waals surface area contributed by atoms with E-state index in [2.05, 4.69) is 37.0 Å². The highest BCUT2D eigenvalue weighted by Crippen LogP contribution is 2.36. The minimum absolute atomic E-state index is 0.0748. The smallest absolute Gasteiger partial charge is 0.287 e. The quantitative estimate of drug-likeness (QED) is 0.265. The first-order valence-corrected chi connectivity index (χ1v) is 10.6. The molecule has 4 rings (SSSR count). The molecule has 0 aliphatic carbocycles. The summed E-state index contributed by atoms with van der Waals surface area (Å²) < 4.78 is 0.143. The number of carbonyl (C=O) groups is 1. The minimum Gasteiger partial charge on any atom is -0.506 e. The number of carbonyl (C=O) groups excluding carboxylic acids is 1. The van der Waals surface area contributed by atoms with E-state index < -0.39 is 16.4 Å². The monoisotopic (exact) mass is 507 g/mol. The van der Waals surface area contributed by atoms with Gasteiger partial charge in [-0.25, -0.2) is 5.43 Å². The zero-order chi connectivity index (χ0) is 23.4. The van der Waals surface area contributed by atoms with Crippen LogP contribution in [0.5, 0.6) is 5.75 Å². The molecule has 0 atom stereocenters. The van der Waals surface area contributed by atoms with Crippen molar-refractivity contribution >= 4 is 39.5 Å². The Labute approximate surface area is 197 Å². The molecule has 0 unspecified atom stereocenters. The molecule has 1 aliphatic rings. The Morgan fingerprint density at radius 3 is 2.33 bits per heavy atom. The van der Waals surface area contributed by atoms with Crippen LogP contribution in [0, 0.1) is 10.1 Å². The van der Waals surface area contributed by atoms with Gasteiger partial charge in [0.05, 0.1) is 15.6 Å². The van der Waals surface area contributed by atoms with Crippen molar-refractivity contribution in [2.45, 2.75) is 12.0 Å². The Balaban J connectivity index is 1.53. The molecular weight excluding hydrogens is 490 g/mol. The maximum absolute atomic E-state index is 12.7. The van der Waals surface area contributed by atoms with Crippen molar-refractivity contribution in [1.82, 2.24) is 10.9 Å². The van der Waals surface area contributed by atoms with Crippen LogP contribution < -0.4 is 10.9 Å². The predicted molar refractivity (Wildman–Crippen MR) is 127 cm³/mol. The van der Waals surface area contributed by atoms with Crippen LogP contribution in [0.25, 0.3) is 0 Å². The largest absolute Gasteiger partial charge is 0.506 e. The molecule has 10 heteroatoms. The third-order valence-corrected chi connectivity index (χ3v) is 5.87. The van der Waals surface area contributed by atoms with Gasteiger partial charge in [-0.3, -0.25) is 20.3 Å². The van der Waals surface area contributed by atoms with Gasteiger partial charge in [0.15, 0.2) is 0 Å². The van der Waals surface area contributed by atoms with Crippen LogP contribution in [0.1, 0.15) is 23.1 Å². The molecule has 1 heterocycles. The fraction of sp³-hybridized carbons (Fsp3) is 0.0870. The van der Waals surface area contributed by atoms with Gasteiger partial charge in [0.25, 0.3) is 11.6 Å². The van der Waals surface area contributed by atoms with Crippen LogP contribution in [0.4, 0.5) is 5.69 Å². The van der Waals surface area contributed by atoms with E-state index in [4.69, 9.17) is 0 Å². The van der Waals surface area contributed by atoms with Crippen molar-refractivity contribution in [2.24, 2.45) is 10.2 Å². The number of amides is 1. The maximum Gasteiger partial charge on any atom is 0.287 e. The third-order valence-electron chi connectivity index (χ3n) is 5.27. The lowest BCUT2D eigenvalue weighted by Gasteiger charge is -2.30. The fourth-order valence-electron chi connectivity index (χ4n) is 3.60. The number of hydrogen-bond donors (Lipinski definition) is 3. The summed E-state index contributed by atoms with van der Waals surface area (Å²) in [6, 6.07) is 21.7. The lowest BCUT2D eigenvalue weighted by molar-refractivity contribution is -0.385. The van der Waals surface area contributed by atoms with Gasteiger partial charge in [0, 0.05) is 24.1 Å². The van der Waals surface area contributed by atoms with Crippen LogP contribution in [0.15, 0.2) is 87.5 Å². The average Bonchev–Trinajstić information content (AvgIpc) is 3.29. The summed E-state index contributed by atoms with van der Waals surface area (Å²) in [6.07, 6.45) is 1.42. The molecule has 3 aromatic rings. The second-order valence-electron chi connectivity index (χ2n) is 7.31. The van der Waals surface area contributed by atoms with Crippen molar-refractivity contribution in [3.8, 4) is 5.75 Å². The Morgan fingerprint density at radius 2 is 1.76 bits per heavy atom. The molecule has 33 heavy (non-hydrogen) atoms. The molecule has 0 bridgehead atoms. The second kappa shape index (κ2) is 9.21. The molecule has 1 amide bonds. The van der Waals surface area contributed by atoms with Crippen LogP contribution in [0.2, 0.25) is 0 Å².